The van der Waals surface area contributed by atoms with Gasteiger partial charge >= 0.3 is 5.97 Å². The summed E-state index contributed by atoms with van der Waals surface area (Å²) < 4.78 is 10.0. The smallest absolute Gasteiger partial charge is 0.338 e. The molecule has 0 bridgehead atoms. The Morgan fingerprint density at radius 2 is 1.56 bits per heavy atom. The number of hydrogen-bond acceptors (Lipinski definition) is 6. The highest BCUT2D eigenvalue weighted by Gasteiger charge is 2.37. The van der Waals surface area contributed by atoms with Crippen molar-refractivity contribution in [2.24, 2.45) is 0 Å². The zero-order valence-electron chi connectivity index (χ0n) is 22.5. The van der Waals surface area contributed by atoms with Crippen LogP contribution in [0.15, 0.2) is 77.4 Å². The van der Waals surface area contributed by atoms with Crippen molar-refractivity contribution in [1.29, 1.82) is 0 Å². The van der Waals surface area contributed by atoms with Gasteiger partial charge in [-0.2, -0.15) is 0 Å². The lowest BCUT2D eigenvalue weighted by Crippen LogP contribution is -2.33. The molecule has 0 saturated heterocycles. The summed E-state index contributed by atoms with van der Waals surface area (Å²) in [6.07, 6.45) is 2.21. The highest BCUT2D eigenvalue weighted by molar-refractivity contribution is 6.05. The molecule has 8 nitrogen and oxygen atoms in total. The molecule has 1 N–H and O–H groups in total. The Morgan fingerprint density at radius 1 is 0.923 bits per heavy atom. The molecule has 1 amide bonds. The minimum absolute atomic E-state index is 0.0351. The molecule has 4 aromatic rings. The summed E-state index contributed by atoms with van der Waals surface area (Å²) in [4.78, 5) is 25.8. The van der Waals surface area contributed by atoms with Gasteiger partial charge in [0.1, 0.15) is 0 Å². The third kappa shape index (κ3) is 5.27. The Kier molecular flexibility index (Phi) is 6.72. The normalized spacial score (nSPS) is 15.3. The molecule has 1 aliphatic rings. The Morgan fingerprint density at radius 3 is 2.26 bits per heavy atom. The van der Waals surface area contributed by atoms with Gasteiger partial charge in [0.2, 0.25) is 5.69 Å². The average molecular weight is 526 g/mol. The summed E-state index contributed by atoms with van der Waals surface area (Å²) in [5, 5.41) is 18.8. The molecule has 0 aliphatic heterocycles. The molecule has 0 spiro atoms. The fourth-order valence-corrected chi connectivity index (χ4v) is 5.05. The van der Waals surface area contributed by atoms with Crippen molar-refractivity contribution in [3.8, 4) is 11.3 Å². The van der Waals surface area contributed by atoms with Gasteiger partial charge in [-0.05, 0) is 76.1 Å². The molecule has 0 saturated carbocycles. The van der Waals surface area contributed by atoms with Gasteiger partial charge in [0.05, 0.1) is 5.56 Å². The number of carbonyl (C=O) groups excluding carboxylic acids is 2. The van der Waals surface area contributed by atoms with Crippen molar-refractivity contribution in [2.75, 3.05) is 5.32 Å². The number of aromatic nitrogens is 2. The van der Waals surface area contributed by atoms with E-state index in [1.807, 2.05) is 12.1 Å². The second-order valence-corrected chi connectivity index (χ2v) is 11.2. The van der Waals surface area contributed by atoms with Gasteiger partial charge in [-0.15, -0.1) is 0 Å². The molecule has 0 unspecified atom stereocenters. The first kappa shape index (κ1) is 26.2. The molecule has 5 rings (SSSR count). The van der Waals surface area contributed by atoms with E-state index in [4.69, 9.17) is 9.37 Å². The van der Waals surface area contributed by atoms with Crippen LogP contribution in [0.25, 0.3) is 11.3 Å². The average Bonchev–Trinajstić information content (AvgIpc) is 3.30. The van der Waals surface area contributed by atoms with Crippen molar-refractivity contribution in [3.63, 3.8) is 0 Å². The van der Waals surface area contributed by atoms with E-state index in [-0.39, 0.29) is 39.5 Å². The van der Waals surface area contributed by atoms with Crippen LogP contribution in [0, 0.1) is 5.21 Å². The second kappa shape index (κ2) is 10.0. The summed E-state index contributed by atoms with van der Waals surface area (Å²) in [6.45, 7) is 8.69. The Balaban J connectivity index is 1.25. The summed E-state index contributed by atoms with van der Waals surface area (Å²) in [6, 6.07) is 21.3. The highest BCUT2D eigenvalue weighted by Crippen LogP contribution is 2.46. The SMILES string of the molecule is CC1(C)CCC(C)(C)c2cc(NC(=O)c3ccc(C(=O)OCc4c(-c5ccccc5)no[n+]4[O-])cc3)ccc21. The third-order valence-electron chi connectivity index (χ3n) is 7.58. The van der Waals surface area contributed by atoms with E-state index < -0.39 is 5.97 Å². The molecule has 0 fully saturated rings. The number of nitrogens with zero attached hydrogens (tertiary/aromatic N) is 2. The van der Waals surface area contributed by atoms with Crippen LogP contribution in [0.1, 0.15) is 78.1 Å². The van der Waals surface area contributed by atoms with Crippen LogP contribution in [0.3, 0.4) is 0 Å². The first-order valence-corrected chi connectivity index (χ1v) is 12.9. The van der Waals surface area contributed by atoms with Crippen molar-refractivity contribution in [3.05, 3.63) is 106 Å². The van der Waals surface area contributed by atoms with Crippen LogP contribution in [0.2, 0.25) is 0 Å². The predicted octanol–water partition coefficient (Wildman–Crippen LogP) is 5.93. The van der Waals surface area contributed by atoms with Crippen LogP contribution in [-0.4, -0.2) is 17.0 Å². The molecule has 8 heteroatoms. The van der Waals surface area contributed by atoms with E-state index in [1.165, 1.54) is 23.3 Å². The van der Waals surface area contributed by atoms with Crippen molar-refractivity contribution >= 4 is 17.6 Å². The number of fused-ring (bicyclic) bond motifs is 1. The molecule has 0 radical (unpaired) electrons. The summed E-state index contributed by atoms with van der Waals surface area (Å²) in [7, 11) is 0. The Labute approximate surface area is 227 Å². The number of rotatable bonds is 6. The van der Waals surface area contributed by atoms with Crippen LogP contribution >= 0.6 is 0 Å². The number of hydrogen-bond donors (Lipinski definition) is 1. The number of nitrogens with one attached hydrogen (secondary N) is 1. The quantitative estimate of drug-likeness (QED) is 0.247. The number of carbonyl (C=O) groups is 2. The number of benzene rings is 3. The maximum atomic E-state index is 13.0. The van der Waals surface area contributed by atoms with Crippen LogP contribution in [-0.2, 0) is 22.2 Å². The van der Waals surface area contributed by atoms with E-state index in [0.29, 0.717) is 16.8 Å². The van der Waals surface area contributed by atoms with Gasteiger partial charge in [-0.1, -0.05) is 64.1 Å². The standard InChI is InChI=1S/C31H31N3O5/c1-30(2)16-17-31(3,4)25-18-23(14-15-24(25)30)32-28(35)21-10-12-22(13-11-21)29(36)38-19-26-27(33-39-34(26)37)20-8-6-5-7-9-20/h5-15,18H,16-17,19H2,1-4H3,(H,32,35). The summed E-state index contributed by atoms with van der Waals surface area (Å²) >= 11 is 0. The van der Waals surface area contributed by atoms with Crippen molar-refractivity contribution in [2.45, 2.75) is 58.0 Å². The van der Waals surface area contributed by atoms with Crippen LogP contribution in [0.5, 0.6) is 0 Å². The predicted molar refractivity (Wildman–Crippen MR) is 146 cm³/mol. The van der Waals surface area contributed by atoms with E-state index in [1.54, 1.807) is 36.4 Å². The van der Waals surface area contributed by atoms with Crippen LogP contribution in [0.4, 0.5) is 5.69 Å². The summed E-state index contributed by atoms with van der Waals surface area (Å²) in [5.74, 6) is -0.909. The number of ether oxygens (including phenoxy) is 1. The van der Waals surface area contributed by atoms with Crippen molar-refractivity contribution in [1.82, 2.24) is 5.16 Å². The zero-order valence-corrected chi connectivity index (χ0v) is 22.5. The molecule has 1 heterocycles. The molecule has 200 valence electrons. The lowest BCUT2D eigenvalue weighted by molar-refractivity contribution is -0.808. The first-order chi connectivity index (χ1) is 18.5. The Hall–Kier alpha value is -4.46. The molecule has 3 aromatic carbocycles. The lowest BCUT2D eigenvalue weighted by Gasteiger charge is -2.42. The van der Waals surface area contributed by atoms with Gasteiger partial charge in [0.25, 0.3) is 11.6 Å². The molecule has 0 atom stereocenters. The van der Waals surface area contributed by atoms with Crippen LogP contribution < -0.4 is 10.2 Å². The highest BCUT2D eigenvalue weighted by atomic mass is 16.8. The molecule has 1 aliphatic carbocycles. The number of esters is 1. The maximum absolute atomic E-state index is 13.0. The fraction of sp³-hybridized carbons (Fsp3) is 0.290. The minimum Gasteiger partial charge on any atom is -0.453 e. The number of amides is 1. The monoisotopic (exact) mass is 525 g/mol. The van der Waals surface area contributed by atoms with Gasteiger partial charge < -0.3 is 15.3 Å². The maximum Gasteiger partial charge on any atom is 0.338 e. The second-order valence-electron chi connectivity index (χ2n) is 11.2. The molecule has 39 heavy (non-hydrogen) atoms. The molecule has 1 aromatic heterocycles. The van der Waals surface area contributed by atoms with Gasteiger partial charge in [0.15, 0.2) is 6.61 Å². The summed E-state index contributed by atoms with van der Waals surface area (Å²) in [5.41, 5.74) is 5.18. The minimum atomic E-state index is -0.637. The van der Waals surface area contributed by atoms with E-state index >= 15 is 0 Å². The van der Waals surface area contributed by atoms with Gasteiger partial charge in [0, 0.05) is 22.0 Å². The lowest BCUT2D eigenvalue weighted by atomic mass is 9.63. The number of anilines is 1. The zero-order chi connectivity index (χ0) is 27.8. The van der Waals surface area contributed by atoms with Crippen molar-refractivity contribution < 1.29 is 23.9 Å². The topological polar surface area (TPSA) is 108 Å². The fourth-order valence-electron chi connectivity index (χ4n) is 5.05. The van der Waals surface area contributed by atoms with Gasteiger partial charge in [-0.25, -0.2) is 4.79 Å². The van der Waals surface area contributed by atoms with Gasteiger partial charge in [-0.3, -0.25) is 9.42 Å². The van der Waals surface area contributed by atoms with E-state index in [2.05, 4.69) is 50.3 Å². The first-order valence-electron chi connectivity index (χ1n) is 12.9. The largest absolute Gasteiger partial charge is 0.453 e. The molecular formula is C31H31N3O5. The van der Waals surface area contributed by atoms with E-state index in [9.17, 15) is 14.8 Å². The molecular weight excluding hydrogens is 494 g/mol. The third-order valence-corrected chi connectivity index (χ3v) is 7.58. The van der Waals surface area contributed by atoms with E-state index in [0.717, 1.165) is 18.5 Å². The Bertz CT molecular complexity index is 1520.